The number of aliphatic hydroxyl groups is 4. The molecule has 0 radical (unpaired) electrons. The zero-order chi connectivity index (χ0) is 15.7. The van der Waals surface area contributed by atoms with Crippen molar-refractivity contribution in [2.45, 2.75) is 56.8 Å². The normalized spacial score (nSPS) is 44.2. The summed E-state index contributed by atoms with van der Waals surface area (Å²) in [5, 5.41) is 38.4. The van der Waals surface area contributed by atoms with Crippen molar-refractivity contribution in [3.8, 4) is 0 Å². The SMILES string of the molecule is CC1=CC(=O)O[C@H](C)[C@@H]1O[C@@H]1O[C@H](CO)[C@@H](O)[C@H](O)[C@H]1O. The van der Waals surface area contributed by atoms with Gasteiger partial charge in [0.05, 0.1) is 6.61 Å². The molecule has 120 valence electrons. The van der Waals surface area contributed by atoms with Crippen molar-refractivity contribution in [2.75, 3.05) is 6.61 Å². The van der Waals surface area contributed by atoms with E-state index in [9.17, 15) is 20.1 Å². The zero-order valence-electron chi connectivity index (χ0n) is 11.7. The van der Waals surface area contributed by atoms with Gasteiger partial charge >= 0.3 is 5.97 Å². The van der Waals surface area contributed by atoms with Crippen LogP contribution in [0.1, 0.15) is 13.8 Å². The minimum atomic E-state index is -1.51. The van der Waals surface area contributed by atoms with Crippen molar-refractivity contribution in [2.24, 2.45) is 0 Å². The number of aliphatic hydroxyl groups excluding tert-OH is 4. The maximum Gasteiger partial charge on any atom is 0.331 e. The Kier molecular flexibility index (Phi) is 4.97. The first kappa shape index (κ1) is 16.3. The smallest absolute Gasteiger partial charge is 0.331 e. The molecule has 4 N–H and O–H groups in total. The first-order valence-electron chi connectivity index (χ1n) is 6.70. The fourth-order valence-corrected chi connectivity index (χ4v) is 2.46. The van der Waals surface area contributed by atoms with E-state index in [0.29, 0.717) is 5.57 Å². The summed E-state index contributed by atoms with van der Waals surface area (Å²) in [4.78, 5) is 11.2. The molecule has 2 aliphatic rings. The zero-order valence-corrected chi connectivity index (χ0v) is 11.7. The molecular formula is C13H20O8. The van der Waals surface area contributed by atoms with Crippen LogP contribution >= 0.6 is 0 Å². The number of cyclic esters (lactones) is 1. The molecular weight excluding hydrogens is 284 g/mol. The van der Waals surface area contributed by atoms with E-state index in [1.165, 1.54) is 6.08 Å². The minimum Gasteiger partial charge on any atom is -0.456 e. The second-order valence-electron chi connectivity index (χ2n) is 5.28. The van der Waals surface area contributed by atoms with Crippen molar-refractivity contribution < 1.29 is 39.4 Å². The van der Waals surface area contributed by atoms with Crippen LogP contribution in [0.5, 0.6) is 0 Å². The van der Waals surface area contributed by atoms with Gasteiger partial charge in [-0.05, 0) is 19.4 Å². The lowest BCUT2D eigenvalue weighted by atomic mass is 9.98. The minimum absolute atomic E-state index is 0.478. The summed E-state index contributed by atoms with van der Waals surface area (Å²) in [5.41, 5.74) is 0.593. The van der Waals surface area contributed by atoms with E-state index < -0.39 is 55.5 Å². The second-order valence-corrected chi connectivity index (χ2v) is 5.28. The van der Waals surface area contributed by atoms with E-state index in [1.807, 2.05) is 0 Å². The molecule has 1 saturated heterocycles. The third-order valence-corrected chi connectivity index (χ3v) is 3.65. The lowest BCUT2D eigenvalue weighted by Gasteiger charge is -2.42. The molecule has 0 aromatic heterocycles. The third-order valence-electron chi connectivity index (χ3n) is 3.65. The number of carbonyl (C=O) groups is 1. The van der Waals surface area contributed by atoms with Gasteiger partial charge in [0, 0.05) is 6.08 Å². The summed E-state index contributed by atoms with van der Waals surface area (Å²) >= 11 is 0. The molecule has 0 aromatic rings. The molecule has 0 bridgehead atoms. The molecule has 0 saturated carbocycles. The Morgan fingerprint density at radius 3 is 2.48 bits per heavy atom. The fraction of sp³-hybridized carbons (Fsp3) is 0.769. The number of hydrogen-bond acceptors (Lipinski definition) is 8. The summed E-state index contributed by atoms with van der Waals surface area (Å²) in [6, 6.07) is 0. The first-order valence-corrected chi connectivity index (χ1v) is 6.70. The van der Waals surface area contributed by atoms with E-state index >= 15 is 0 Å². The molecule has 2 heterocycles. The molecule has 0 amide bonds. The molecule has 0 spiro atoms. The maximum absolute atomic E-state index is 11.2. The highest BCUT2D eigenvalue weighted by Crippen LogP contribution is 2.27. The van der Waals surface area contributed by atoms with Gasteiger partial charge in [0.25, 0.3) is 0 Å². The summed E-state index contributed by atoms with van der Waals surface area (Å²) in [7, 11) is 0. The van der Waals surface area contributed by atoms with Crippen LogP contribution in [0.15, 0.2) is 11.6 Å². The van der Waals surface area contributed by atoms with Crippen LogP contribution in [0.3, 0.4) is 0 Å². The first-order chi connectivity index (χ1) is 9.85. The lowest BCUT2D eigenvalue weighted by Crippen LogP contribution is -2.60. The van der Waals surface area contributed by atoms with E-state index in [-0.39, 0.29) is 0 Å². The molecule has 1 fully saturated rings. The Morgan fingerprint density at radius 1 is 1.24 bits per heavy atom. The molecule has 21 heavy (non-hydrogen) atoms. The predicted octanol–water partition coefficient (Wildman–Crippen LogP) is -1.94. The Bertz CT molecular complexity index is 420. The maximum atomic E-state index is 11.2. The van der Waals surface area contributed by atoms with Crippen LogP contribution in [0.25, 0.3) is 0 Å². The Labute approximate surface area is 121 Å². The van der Waals surface area contributed by atoms with Crippen molar-refractivity contribution in [1.82, 2.24) is 0 Å². The Morgan fingerprint density at radius 2 is 1.90 bits per heavy atom. The van der Waals surface area contributed by atoms with Crippen LogP contribution in [0.4, 0.5) is 0 Å². The van der Waals surface area contributed by atoms with E-state index in [2.05, 4.69) is 0 Å². The van der Waals surface area contributed by atoms with Gasteiger partial charge in [-0.3, -0.25) is 0 Å². The summed E-state index contributed by atoms with van der Waals surface area (Å²) in [6.07, 6.45) is -6.70. The molecule has 8 nitrogen and oxygen atoms in total. The van der Waals surface area contributed by atoms with Gasteiger partial charge in [-0.25, -0.2) is 4.79 Å². The highest BCUT2D eigenvalue weighted by molar-refractivity contribution is 5.84. The largest absolute Gasteiger partial charge is 0.456 e. The molecule has 2 rings (SSSR count). The Hall–Kier alpha value is -1.03. The number of rotatable bonds is 3. The highest BCUT2D eigenvalue weighted by Gasteiger charge is 2.45. The highest BCUT2D eigenvalue weighted by atomic mass is 16.7. The molecule has 8 heteroatoms. The van der Waals surface area contributed by atoms with Gasteiger partial charge in [-0.2, -0.15) is 0 Å². The molecule has 0 aromatic carbocycles. The topological polar surface area (TPSA) is 126 Å². The van der Waals surface area contributed by atoms with Crippen LogP contribution < -0.4 is 0 Å². The third kappa shape index (κ3) is 3.25. The average Bonchev–Trinajstić information content (AvgIpc) is 2.42. The van der Waals surface area contributed by atoms with Gasteiger partial charge in [-0.1, -0.05) is 0 Å². The summed E-state index contributed by atoms with van der Waals surface area (Å²) in [5.74, 6) is -0.478. The molecule has 2 aliphatic heterocycles. The molecule has 0 unspecified atom stereocenters. The second kappa shape index (κ2) is 6.39. The number of carbonyl (C=O) groups excluding carboxylic acids is 1. The van der Waals surface area contributed by atoms with Gasteiger partial charge in [0.1, 0.15) is 36.6 Å². The van der Waals surface area contributed by atoms with E-state index in [0.717, 1.165) is 0 Å². The van der Waals surface area contributed by atoms with Gasteiger partial charge in [0.15, 0.2) is 6.29 Å². The number of hydrogen-bond donors (Lipinski definition) is 4. The van der Waals surface area contributed by atoms with Gasteiger partial charge in [0.2, 0.25) is 0 Å². The molecule has 7 atom stereocenters. The molecule has 0 aliphatic carbocycles. The van der Waals surface area contributed by atoms with Gasteiger partial charge in [-0.15, -0.1) is 0 Å². The van der Waals surface area contributed by atoms with Crippen LogP contribution in [0.2, 0.25) is 0 Å². The average molecular weight is 304 g/mol. The van der Waals surface area contributed by atoms with Crippen molar-refractivity contribution in [3.63, 3.8) is 0 Å². The fourth-order valence-electron chi connectivity index (χ4n) is 2.46. The Balaban J connectivity index is 2.11. The van der Waals surface area contributed by atoms with Crippen LogP contribution in [-0.2, 0) is 19.0 Å². The van der Waals surface area contributed by atoms with Crippen LogP contribution in [0, 0.1) is 0 Å². The predicted molar refractivity (Wildman–Crippen MR) is 68.0 cm³/mol. The quantitative estimate of drug-likeness (QED) is 0.444. The number of ether oxygens (including phenoxy) is 3. The monoisotopic (exact) mass is 304 g/mol. The standard InChI is InChI=1S/C13H20O8/c1-5-3-8(15)19-6(2)12(5)21-13-11(18)10(17)9(16)7(4-14)20-13/h3,6-7,9-14,16-18H,4H2,1-2H3/t6-,7-,9-,10+,11-,12-,13+/m1/s1. The van der Waals surface area contributed by atoms with Crippen molar-refractivity contribution in [1.29, 1.82) is 0 Å². The number of esters is 1. The van der Waals surface area contributed by atoms with E-state index in [1.54, 1.807) is 13.8 Å². The van der Waals surface area contributed by atoms with E-state index in [4.69, 9.17) is 19.3 Å². The van der Waals surface area contributed by atoms with Crippen molar-refractivity contribution >= 4 is 5.97 Å². The van der Waals surface area contributed by atoms with Crippen molar-refractivity contribution in [3.05, 3.63) is 11.6 Å². The summed E-state index contributed by atoms with van der Waals surface area (Å²) in [6.45, 7) is 2.77. The van der Waals surface area contributed by atoms with Gasteiger partial charge < -0.3 is 34.6 Å². The van der Waals surface area contributed by atoms with Crippen LogP contribution in [-0.4, -0.2) is 75.9 Å². The lowest BCUT2D eigenvalue weighted by molar-refractivity contribution is -0.313. The summed E-state index contributed by atoms with van der Waals surface area (Å²) < 4.78 is 15.8.